The van der Waals surface area contributed by atoms with E-state index in [1.807, 2.05) is 0 Å². The first-order chi connectivity index (χ1) is 12.4. The highest BCUT2D eigenvalue weighted by Gasteiger charge is 2.37. The van der Waals surface area contributed by atoms with Gasteiger partial charge in [-0.25, -0.2) is 4.90 Å². The summed E-state index contributed by atoms with van der Waals surface area (Å²) in [6, 6.07) is 9.75. The van der Waals surface area contributed by atoms with Gasteiger partial charge in [-0.15, -0.1) is 0 Å². The van der Waals surface area contributed by atoms with Crippen molar-refractivity contribution in [3.05, 3.63) is 56.4 Å². The minimum absolute atomic E-state index is 0.0138. The average molecular weight is 455 g/mol. The van der Waals surface area contributed by atoms with E-state index in [9.17, 15) is 14.7 Å². The molecule has 1 fully saturated rings. The Morgan fingerprint density at radius 1 is 1.31 bits per heavy atom. The van der Waals surface area contributed by atoms with Gasteiger partial charge in [0, 0.05) is 4.47 Å². The highest BCUT2D eigenvalue weighted by atomic mass is 79.9. The standard InChI is InChI=1S/C18H13BrClNO4S/c1-2-25-15-7-10(11(19)9-14(15)22)8-16-17(23)21(18(24)26-16)13-6-4-3-5-12(13)20/h3-9,22H,2H2,1H3/b16-8-. The Bertz CT molecular complexity index is 931. The van der Waals surface area contributed by atoms with Crippen molar-refractivity contribution in [3.8, 4) is 11.5 Å². The Labute approximate surface area is 167 Å². The summed E-state index contributed by atoms with van der Waals surface area (Å²) in [4.78, 5) is 26.4. The largest absolute Gasteiger partial charge is 0.504 e. The molecule has 2 amide bonds. The van der Waals surface area contributed by atoms with Crippen molar-refractivity contribution in [2.24, 2.45) is 0 Å². The molecule has 0 atom stereocenters. The van der Waals surface area contributed by atoms with Crippen LogP contribution in [0.2, 0.25) is 5.02 Å². The molecule has 2 aromatic carbocycles. The van der Waals surface area contributed by atoms with E-state index in [1.54, 1.807) is 43.3 Å². The summed E-state index contributed by atoms with van der Waals surface area (Å²) in [6.07, 6.45) is 1.58. The summed E-state index contributed by atoms with van der Waals surface area (Å²) in [6.45, 7) is 2.19. The molecule has 134 valence electrons. The second-order valence-corrected chi connectivity index (χ2v) is 7.50. The zero-order valence-electron chi connectivity index (χ0n) is 13.5. The van der Waals surface area contributed by atoms with E-state index < -0.39 is 11.1 Å². The Morgan fingerprint density at radius 2 is 2.04 bits per heavy atom. The maximum atomic E-state index is 12.7. The number of ether oxygens (including phenoxy) is 1. The zero-order chi connectivity index (χ0) is 18.8. The molecule has 0 bridgehead atoms. The van der Waals surface area contributed by atoms with Gasteiger partial charge in [0.15, 0.2) is 11.5 Å². The number of anilines is 1. The summed E-state index contributed by atoms with van der Waals surface area (Å²) in [5.41, 5.74) is 0.954. The normalized spacial score (nSPS) is 15.8. The number of carbonyl (C=O) groups excluding carboxylic acids is 2. The third-order valence-corrected chi connectivity index (χ3v) is 5.43. The molecule has 0 unspecified atom stereocenters. The molecule has 0 aliphatic carbocycles. The Hall–Kier alpha value is -1.96. The van der Waals surface area contributed by atoms with Gasteiger partial charge in [-0.2, -0.15) is 0 Å². The van der Waals surface area contributed by atoms with Crippen LogP contribution in [0.15, 0.2) is 45.8 Å². The number of benzene rings is 2. The Kier molecular flexibility index (Phi) is 5.60. The van der Waals surface area contributed by atoms with Gasteiger partial charge < -0.3 is 9.84 Å². The Balaban J connectivity index is 1.99. The predicted molar refractivity (Wildman–Crippen MR) is 107 cm³/mol. The molecular formula is C18H13BrClNO4S. The van der Waals surface area contributed by atoms with E-state index in [-0.39, 0.29) is 10.7 Å². The van der Waals surface area contributed by atoms with Crippen molar-refractivity contribution in [3.63, 3.8) is 0 Å². The number of hydrogen-bond acceptors (Lipinski definition) is 5. The van der Waals surface area contributed by atoms with E-state index >= 15 is 0 Å². The topological polar surface area (TPSA) is 66.8 Å². The number of hydrogen-bond donors (Lipinski definition) is 1. The Morgan fingerprint density at radius 3 is 2.73 bits per heavy atom. The van der Waals surface area contributed by atoms with Crippen molar-refractivity contribution in [1.29, 1.82) is 0 Å². The van der Waals surface area contributed by atoms with Crippen LogP contribution < -0.4 is 9.64 Å². The molecule has 5 nitrogen and oxygen atoms in total. The van der Waals surface area contributed by atoms with Gasteiger partial charge in [-0.05, 0) is 54.6 Å². The van der Waals surface area contributed by atoms with E-state index in [0.29, 0.717) is 33.1 Å². The fraction of sp³-hybridized carbons (Fsp3) is 0.111. The number of imide groups is 1. The van der Waals surface area contributed by atoms with Crippen molar-refractivity contribution < 1.29 is 19.4 Å². The predicted octanol–water partition coefficient (Wildman–Crippen LogP) is 5.45. The van der Waals surface area contributed by atoms with Crippen LogP contribution in [-0.4, -0.2) is 22.9 Å². The van der Waals surface area contributed by atoms with Gasteiger partial charge in [-0.1, -0.05) is 39.7 Å². The fourth-order valence-electron chi connectivity index (χ4n) is 2.39. The lowest BCUT2D eigenvalue weighted by Gasteiger charge is -2.13. The summed E-state index contributed by atoms with van der Waals surface area (Å²) in [5.74, 6) is -0.168. The van der Waals surface area contributed by atoms with Gasteiger partial charge >= 0.3 is 0 Å². The zero-order valence-corrected chi connectivity index (χ0v) is 16.7. The highest BCUT2D eigenvalue weighted by Crippen LogP contribution is 2.40. The minimum Gasteiger partial charge on any atom is -0.504 e. The van der Waals surface area contributed by atoms with Gasteiger partial charge in [-0.3, -0.25) is 9.59 Å². The quantitative estimate of drug-likeness (QED) is 0.622. The van der Waals surface area contributed by atoms with Crippen LogP contribution in [-0.2, 0) is 4.79 Å². The highest BCUT2D eigenvalue weighted by molar-refractivity contribution is 9.10. The molecule has 0 aromatic heterocycles. The minimum atomic E-state index is -0.453. The summed E-state index contributed by atoms with van der Waals surface area (Å²) >= 11 is 10.3. The van der Waals surface area contributed by atoms with E-state index in [1.165, 1.54) is 6.07 Å². The molecule has 1 aliphatic rings. The molecular weight excluding hydrogens is 442 g/mol. The summed E-state index contributed by atoms with van der Waals surface area (Å²) < 4.78 is 5.94. The molecule has 3 rings (SSSR count). The number of amides is 2. The number of halogens is 2. The SMILES string of the molecule is CCOc1cc(/C=C2\SC(=O)N(c3ccccc3Cl)C2=O)c(Br)cc1O. The molecule has 0 saturated carbocycles. The lowest BCUT2D eigenvalue weighted by atomic mass is 10.2. The first-order valence-corrected chi connectivity index (χ1v) is 9.59. The molecule has 1 saturated heterocycles. The number of phenols is 1. The lowest BCUT2D eigenvalue weighted by Crippen LogP contribution is -2.27. The third kappa shape index (κ3) is 3.60. The number of para-hydroxylation sites is 1. The monoisotopic (exact) mass is 453 g/mol. The number of carbonyl (C=O) groups is 2. The van der Waals surface area contributed by atoms with Crippen molar-refractivity contribution in [2.45, 2.75) is 6.92 Å². The number of phenolic OH excluding ortho intramolecular Hbond substituents is 1. The van der Waals surface area contributed by atoms with Gasteiger partial charge in [0.25, 0.3) is 11.1 Å². The van der Waals surface area contributed by atoms with Crippen molar-refractivity contribution >= 4 is 62.2 Å². The van der Waals surface area contributed by atoms with Crippen LogP contribution in [0.25, 0.3) is 6.08 Å². The van der Waals surface area contributed by atoms with E-state index in [0.717, 1.165) is 16.7 Å². The van der Waals surface area contributed by atoms with Gasteiger partial charge in [0.1, 0.15) is 0 Å². The maximum absolute atomic E-state index is 12.7. The smallest absolute Gasteiger partial charge is 0.298 e. The van der Waals surface area contributed by atoms with Crippen LogP contribution in [0.1, 0.15) is 12.5 Å². The van der Waals surface area contributed by atoms with Crippen LogP contribution in [0.5, 0.6) is 11.5 Å². The second-order valence-electron chi connectivity index (χ2n) is 5.24. The fourth-order valence-corrected chi connectivity index (χ4v) is 3.88. The van der Waals surface area contributed by atoms with E-state index in [2.05, 4.69) is 15.9 Å². The number of rotatable bonds is 4. The second kappa shape index (κ2) is 7.73. The summed E-state index contributed by atoms with van der Waals surface area (Å²) in [7, 11) is 0. The first kappa shape index (κ1) is 18.8. The molecule has 2 aromatic rings. The molecule has 1 aliphatic heterocycles. The number of aromatic hydroxyl groups is 1. The summed E-state index contributed by atoms with van der Waals surface area (Å²) in [5, 5.41) is 9.80. The number of nitrogens with zero attached hydrogens (tertiary/aromatic N) is 1. The first-order valence-electron chi connectivity index (χ1n) is 7.60. The van der Waals surface area contributed by atoms with Gasteiger partial charge in [0.05, 0.1) is 22.2 Å². The lowest BCUT2D eigenvalue weighted by molar-refractivity contribution is -0.113. The maximum Gasteiger partial charge on any atom is 0.298 e. The molecule has 1 heterocycles. The molecule has 8 heteroatoms. The van der Waals surface area contributed by atoms with Gasteiger partial charge in [0.2, 0.25) is 0 Å². The van der Waals surface area contributed by atoms with Crippen LogP contribution >= 0.6 is 39.3 Å². The number of thioether (sulfide) groups is 1. The molecule has 0 spiro atoms. The van der Waals surface area contributed by atoms with Crippen LogP contribution in [0, 0.1) is 0 Å². The van der Waals surface area contributed by atoms with E-state index in [4.69, 9.17) is 16.3 Å². The van der Waals surface area contributed by atoms with Crippen LogP contribution in [0.3, 0.4) is 0 Å². The molecule has 1 N–H and O–H groups in total. The molecule has 26 heavy (non-hydrogen) atoms. The third-order valence-electron chi connectivity index (χ3n) is 3.55. The van der Waals surface area contributed by atoms with Crippen LogP contribution in [0.4, 0.5) is 10.5 Å². The molecule has 0 radical (unpaired) electrons. The van der Waals surface area contributed by atoms with Crippen molar-refractivity contribution in [2.75, 3.05) is 11.5 Å². The average Bonchev–Trinajstić information content (AvgIpc) is 2.87. The van der Waals surface area contributed by atoms with Crippen molar-refractivity contribution in [1.82, 2.24) is 0 Å².